The molecule has 0 saturated carbocycles. The number of thiophene rings is 1. The van der Waals surface area contributed by atoms with Gasteiger partial charge in [-0.15, -0.1) is 11.3 Å². The van der Waals surface area contributed by atoms with E-state index in [0.717, 1.165) is 35.4 Å². The van der Waals surface area contributed by atoms with Gasteiger partial charge in [0.2, 0.25) is 0 Å². The monoisotopic (exact) mass is 380 g/mol. The van der Waals surface area contributed by atoms with Crippen LogP contribution in [0.4, 0.5) is 0 Å². The summed E-state index contributed by atoms with van der Waals surface area (Å²) in [5.74, 6) is 2.03. The Kier molecular flexibility index (Phi) is 4.82. The van der Waals surface area contributed by atoms with Crippen molar-refractivity contribution in [3.05, 3.63) is 40.5 Å². The number of methoxy groups -OCH3 is 2. The SMILES string of the molecule is COc1ccc(OC)c(-c2ncnn2-c2sc3c(c2C#N)CCCCC3)c1. The summed E-state index contributed by atoms with van der Waals surface area (Å²) >= 11 is 1.66. The van der Waals surface area contributed by atoms with Crippen molar-refractivity contribution < 1.29 is 9.47 Å². The number of benzene rings is 1. The molecule has 0 atom stereocenters. The predicted molar refractivity (Wildman–Crippen MR) is 104 cm³/mol. The second kappa shape index (κ2) is 7.41. The molecule has 138 valence electrons. The molecule has 4 rings (SSSR count). The quantitative estimate of drug-likeness (QED) is 0.636. The summed E-state index contributed by atoms with van der Waals surface area (Å²) in [5, 5.41) is 15.1. The van der Waals surface area contributed by atoms with Gasteiger partial charge < -0.3 is 9.47 Å². The molecule has 0 fully saturated rings. The van der Waals surface area contributed by atoms with E-state index in [9.17, 15) is 5.26 Å². The predicted octanol–water partition coefficient (Wildman–Crippen LogP) is 4.15. The normalized spacial score (nSPS) is 13.5. The molecule has 0 unspecified atom stereocenters. The molecule has 0 saturated heterocycles. The molecule has 1 aliphatic carbocycles. The van der Waals surface area contributed by atoms with Crippen LogP contribution in [0.3, 0.4) is 0 Å². The van der Waals surface area contributed by atoms with E-state index < -0.39 is 0 Å². The average Bonchev–Trinajstić information content (AvgIpc) is 3.25. The lowest BCUT2D eigenvalue weighted by atomic mass is 10.1. The third kappa shape index (κ3) is 3.06. The van der Waals surface area contributed by atoms with E-state index in [0.29, 0.717) is 17.3 Å². The number of hydrogen-bond acceptors (Lipinski definition) is 6. The summed E-state index contributed by atoms with van der Waals surface area (Å²) in [6, 6.07) is 7.99. The molecule has 27 heavy (non-hydrogen) atoms. The van der Waals surface area contributed by atoms with E-state index >= 15 is 0 Å². The topological polar surface area (TPSA) is 73.0 Å². The van der Waals surface area contributed by atoms with Crippen LogP contribution in [0.5, 0.6) is 11.5 Å². The Bertz CT molecular complexity index is 1020. The van der Waals surface area contributed by atoms with Crippen LogP contribution in [0.2, 0.25) is 0 Å². The standard InChI is InChI=1S/C20H20N4O2S/c1-25-13-8-9-17(26-2)15(10-13)19-22-12-23-24(19)20-16(11-21)14-6-4-3-5-7-18(14)27-20/h8-10,12H,3-7H2,1-2H3. The Morgan fingerprint density at radius 1 is 1.15 bits per heavy atom. The van der Waals surface area contributed by atoms with Crippen molar-refractivity contribution >= 4 is 11.3 Å². The van der Waals surface area contributed by atoms with Gasteiger partial charge in [0, 0.05) is 4.88 Å². The number of fused-ring (bicyclic) bond motifs is 1. The highest BCUT2D eigenvalue weighted by Gasteiger charge is 2.24. The van der Waals surface area contributed by atoms with Crippen molar-refractivity contribution in [2.75, 3.05) is 14.2 Å². The van der Waals surface area contributed by atoms with Gasteiger partial charge >= 0.3 is 0 Å². The zero-order valence-electron chi connectivity index (χ0n) is 15.4. The molecule has 2 heterocycles. The molecule has 0 radical (unpaired) electrons. The van der Waals surface area contributed by atoms with Crippen molar-refractivity contribution in [3.8, 4) is 34.0 Å². The highest BCUT2D eigenvalue weighted by molar-refractivity contribution is 7.15. The van der Waals surface area contributed by atoms with Crippen molar-refractivity contribution in [3.63, 3.8) is 0 Å². The number of nitrogens with zero attached hydrogens (tertiary/aromatic N) is 4. The molecule has 6 nitrogen and oxygen atoms in total. The Morgan fingerprint density at radius 2 is 2.00 bits per heavy atom. The lowest BCUT2D eigenvalue weighted by Crippen LogP contribution is -2.02. The van der Waals surface area contributed by atoms with E-state index in [1.807, 2.05) is 18.2 Å². The van der Waals surface area contributed by atoms with Gasteiger partial charge in [-0.3, -0.25) is 0 Å². The third-order valence-corrected chi connectivity index (χ3v) is 6.17. The van der Waals surface area contributed by atoms with Crippen molar-refractivity contribution in [1.82, 2.24) is 14.8 Å². The van der Waals surface area contributed by atoms with E-state index in [1.54, 1.807) is 30.2 Å². The Labute approximate surface area is 162 Å². The van der Waals surface area contributed by atoms with Gasteiger partial charge in [-0.2, -0.15) is 10.4 Å². The Balaban J connectivity index is 1.88. The van der Waals surface area contributed by atoms with E-state index in [4.69, 9.17) is 9.47 Å². The van der Waals surface area contributed by atoms with Gasteiger partial charge in [-0.1, -0.05) is 6.42 Å². The van der Waals surface area contributed by atoms with Crippen LogP contribution in [0.1, 0.15) is 35.3 Å². The second-order valence-electron chi connectivity index (χ2n) is 6.42. The number of hydrogen-bond donors (Lipinski definition) is 0. The highest BCUT2D eigenvalue weighted by atomic mass is 32.1. The van der Waals surface area contributed by atoms with Crippen LogP contribution >= 0.6 is 11.3 Å². The summed E-state index contributed by atoms with van der Waals surface area (Å²) in [5.41, 5.74) is 2.70. The molecule has 1 aromatic carbocycles. The zero-order valence-corrected chi connectivity index (χ0v) is 16.2. The van der Waals surface area contributed by atoms with Gasteiger partial charge in [0.1, 0.15) is 28.9 Å². The van der Waals surface area contributed by atoms with Crippen molar-refractivity contribution in [2.24, 2.45) is 0 Å². The first-order valence-corrected chi connectivity index (χ1v) is 9.76. The van der Waals surface area contributed by atoms with Crippen LogP contribution < -0.4 is 9.47 Å². The maximum absolute atomic E-state index is 9.85. The molecule has 2 aromatic heterocycles. The molecule has 0 amide bonds. The lowest BCUT2D eigenvalue weighted by molar-refractivity contribution is 0.404. The lowest BCUT2D eigenvalue weighted by Gasteiger charge is -2.11. The molecule has 7 heteroatoms. The molecule has 1 aliphatic rings. The fourth-order valence-electron chi connectivity index (χ4n) is 3.56. The number of ether oxygens (including phenoxy) is 2. The number of nitriles is 1. The number of aryl methyl sites for hydroxylation is 1. The summed E-state index contributed by atoms with van der Waals surface area (Å²) in [4.78, 5) is 5.76. The second-order valence-corrected chi connectivity index (χ2v) is 7.50. The highest BCUT2D eigenvalue weighted by Crippen LogP contribution is 2.39. The molecule has 3 aromatic rings. The first kappa shape index (κ1) is 17.6. The molecular formula is C20H20N4O2S. The molecule has 0 N–H and O–H groups in total. The Morgan fingerprint density at radius 3 is 2.78 bits per heavy atom. The number of aromatic nitrogens is 3. The molecular weight excluding hydrogens is 360 g/mol. The average molecular weight is 380 g/mol. The summed E-state index contributed by atoms with van der Waals surface area (Å²) in [6.45, 7) is 0. The minimum absolute atomic E-state index is 0.638. The summed E-state index contributed by atoms with van der Waals surface area (Å²) in [7, 11) is 3.25. The number of rotatable bonds is 4. The summed E-state index contributed by atoms with van der Waals surface area (Å²) < 4.78 is 12.6. The van der Waals surface area contributed by atoms with Gasteiger partial charge in [0.25, 0.3) is 0 Å². The Hall–Kier alpha value is -2.85. The van der Waals surface area contributed by atoms with Crippen LogP contribution in [-0.4, -0.2) is 29.0 Å². The van der Waals surface area contributed by atoms with Gasteiger partial charge in [-0.25, -0.2) is 9.67 Å². The van der Waals surface area contributed by atoms with Crippen LogP contribution in [0, 0.1) is 11.3 Å². The van der Waals surface area contributed by atoms with Gasteiger partial charge in [0.15, 0.2) is 5.82 Å². The molecule has 0 spiro atoms. The minimum Gasteiger partial charge on any atom is -0.497 e. The van der Waals surface area contributed by atoms with Crippen LogP contribution in [0.25, 0.3) is 16.4 Å². The minimum atomic E-state index is 0.638. The van der Waals surface area contributed by atoms with Crippen LogP contribution in [-0.2, 0) is 12.8 Å². The smallest absolute Gasteiger partial charge is 0.168 e. The summed E-state index contributed by atoms with van der Waals surface area (Å²) in [6.07, 6.45) is 7.03. The first-order valence-electron chi connectivity index (χ1n) is 8.94. The maximum Gasteiger partial charge on any atom is 0.168 e. The largest absolute Gasteiger partial charge is 0.497 e. The fourth-order valence-corrected chi connectivity index (χ4v) is 4.85. The first-order chi connectivity index (χ1) is 13.3. The molecule has 0 bridgehead atoms. The fraction of sp³-hybridized carbons (Fsp3) is 0.350. The van der Waals surface area contributed by atoms with Crippen LogP contribution in [0.15, 0.2) is 24.5 Å². The maximum atomic E-state index is 9.85. The van der Waals surface area contributed by atoms with Crippen molar-refractivity contribution in [2.45, 2.75) is 32.1 Å². The van der Waals surface area contributed by atoms with E-state index in [-0.39, 0.29) is 0 Å². The van der Waals surface area contributed by atoms with E-state index in [1.165, 1.54) is 29.6 Å². The van der Waals surface area contributed by atoms with E-state index in [2.05, 4.69) is 16.2 Å². The third-order valence-electron chi connectivity index (χ3n) is 4.90. The zero-order chi connectivity index (χ0) is 18.8. The van der Waals surface area contributed by atoms with Crippen molar-refractivity contribution in [1.29, 1.82) is 5.26 Å². The van der Waals surface area contributed by atoms with Gasteiger partial charge in [-0.05, 0) is 49.4 Å². The molecule has 0 aliphatic heterocycles. The van der Waals surface area contributed by atoms with Gasteiger partial charge in [0.05, 0.1) is 25.3 Å².